The van der Waals surface area contributed by atoms with E-state index in [2.05, 4.69) is 20.2 Å². The number of benzene rings is 1. The summed E-state index contributed by atoms with van der Waals surface area (Å²) in [5, 5.41) is 10.1. The molecule has 0 aliphatic carbocycles. The number of anilines is 1. The van der Waals surface area contributed by atoms with Crippen molar-refractivity contribution in [3.8, 4) is 5.75 Å². The summed E-state index contributed by atoms with van der Waals surface area (Å²) < 4.78 is 32.6. The lowest BCUT2D eigenvalue weighted by Gasteiger charge is -2.14. The van der Waals surface area contributed by atoms with Gasteiger partial charge in [-0.2, -0.15) is 5.10 Å². The Morgan fingerprint density at radius 3 is 2.95 bits per heavy atom. The van der Waals surface area contributed by atoms with Gasteiger partial charge < -0.3 is 10.1 Å². The number of para-hydroxylation sites is 1. The SMILES string of the molecule is COc1ccccc1S(=O)(=O)Nc1n[nH]c2c1CNCC2. The van der Waals surface area contributed by atoms with Gasteiger partial charge in [0, 0.05) is 30.8 Å². The van der Waals surface area contributed by atoms with E-state index in [1.807, 2.05) is 0 Å². The Hall–Kier alpha value is -2.06. The number of nitrogens with one attached hydrogen (secondary N) is 3. The summed E-state index contributed by atoms with van der Waals surface area (Å²) >= 11 is 0. The Kier molecular flexibility index (Phi) is 3.56. The first kappa shape index (κ1) is 13.9. The fraction of sp³-hybridized carbons (Fsp3) is 0.308. The molecule has 0 saturated heterocycles. The van der Waals surface area contributed by atoms with Crippen LogP contribution in [-0.2, 0) is 23.0 Å². The van der Waals surface area contributed by atoms with Gasteiger partial charge in [-0.15, -0.1) is 0 Å². The molecule has 1 aliphatic rings. The quantitative estimate of drug-likeness (QED) is 0.778. The summed E-state index contributed by atoms with van der Waals surface area (Å²) in [7, 11) is -2.31. The highest BCUT2D eigenvalue weighted by atomic mass is 32.2. The van der Waals surface area contributed by atoms with Crippen LogP contribution in [0.1, 0.15) is 11.3 Å². The maximum atomic E-state index is 12.5. The second-order valence-electron chi connectivity index (χ2n) is 4.71. The van der Waals surface area contributed by atoms with Crippen molar-refractivity contribution in [3.05, 3.63) is 35.5 Å². The third-order valence-electron chi connectivity index (χ3n) is 3.40. The number of H-pyrrole nitrogens is 1. The highest BCUT2D eigenvalue weighted by Gasteiger charge is 2.24. The molecule has 1 aromatic carbocycles. The average Bonchev–Trinajstić information content (AvgIpc) is 2.90. The van der Waals surface area contributed by atoms with Crippen LogP contribution in [0.25, 0.3) is 0 Å². The van der Waals surface area contributed by atoms with Gasteiger partial charge in [0.2, 0.25) is 0 Å². The van der Waals surface area contributed by atoms with Gasteiger partial charge in [-0.05, 0) is 12.1 Å². The Morgan fingerprint density at radius 2 is 2.14 bits per heavy atom. The fourth-order valence-electron chi connectivity index (χ4n) is 2.33. The van der Waals surface area contributed by atoms with Crippen molar-refractivity contribution in [2.45, 2.75) is 17.9 Å². The predicted molar refractivity (Wildman–Crippen MR) is 77.8 cm³/mol. The minimum Gasteiger partial charge on any atom is -0.495 e. The van der Waals surface area contributed by atoms with Crippen LogP contribution < -0.4 is 14.8 Å². The van der Waals surface area contributed by atoms with Gasteiger partial charge >= 0.3 is 0 Å². The summed E-state index contributed by atoms with van der Waals surface area (Å²) in [6, 6.07) is 6.48. The molecule has 3 N–H and O–H groups in total. The highest BCUT2D eigenvalue weighted by molar-refractivity contribution is 7.92. The van der Waals surface area contributed by atoms with Crippen molar-refractivity contribution in [3.63, 3.8) is 0 Å². The summed E-state index contributed by atoms with van der Waals surface area (Å²) in [5.41, 5.74) is 1.83. The van der Waals surface area contributed by atoms with Crippen LogP contribution in [0.2, 0.25) is 0 Å². The Balaban J connectivity index is 1.95. The molecule has 0 saturated carbocycles. The lowest BCUT2D eigenvalue weighted by atomic mass is 10.1. The molecule has 3 rings (SSSR count). The Bertz CT molecular complexity index is 755. The number of methoxy groups -OCH3 is 1. The molecule has 0 radical (unpaired) electrons. The van der Waals surface area contributed by atoms with Crippen molar-refractivity contribution in [1.82, 2.24) is 15.5 Å². The summed E-state index contributed by atoms with van der Waals surface area (Å²) in [6.07, 6.45) is 0.804. The summed E-state index contributed by atoms with van der Waals surface area (Å²) in [5.74, 6) is 0.635. The summed E-state index contributed by atoms with van der Waals surface area (Å²) in [6.45, 7) is 1.45. The van der Waals surface area contributed by atoms with Crippen LogP contribution in [0.15, 0.2) is 29.2 Å². The second-order valence-corrected chi connectivity index (χ2v) is 6.36. The van der Waals surface area contributed by atoms with E-state index in [9.17, 15) is 8.42 Å². The van der Waals surface area contributed by atoms with Gasteiger partial charge in [0.05, 0.1) is 7.11 Å². The number of aromatic nitrogens is 2. The van der Waals surface area contributed by atoms with E-state index in [1.54, 1.807) is 18.2 Å². The zero-order valence-electron chi connectivity index (χ0n) is 11.5. The minimum absolute atomic E-state index is 0.0908. The number of aromatic amines is 1. The first-order valence-electron chi connectivity index (χ1n) is 6.54. The number of nitrogens with zero attached hydrogens (tertiary/aromatic N) is 1. The first-order chi connectivity index (χ1) is 10.1. The van der Waals surface area contributed by atoms with E-state index in [4.69, 9.17) is 4.74 Å². The monoisotopic (exact) mass is 308 g/mol. The number of ether oxygens (including phenoxy) is 1. The van der Waals surface area contributed by atoms with Gasteiger partial charge in [0.1, 0.15) is 10.6 Å². The van der Waals surface area contributed by atoms with E-state index in [0.29, 0.717) is 18.1 Å². The maximum Gasteiger partial charge on any atom is 0.266 e. The number of sulfonamides is 1. The third kappa shape index (κ3) is 2.59. The van der Waals surface area contributed by atoms with E-state index in [-0.39, 0.29) is 4.90 Å². The normalized spacial score (nSPS) is 14.5. The van der Waals surface area contributed by atoms with Crippen LogP contribution in [0.5, 0.6) is 5.75 Å². The van der Waals surface area contributed by atoms with Crippen LogP contribution >= 0.6 is 0 Å². The van der Waals surface area contributed by atoms with Crippen molar-refractivity contribution in [1.29, 1.82) is 0 Å². The Morgan fingerprint density at radius 1 is 1.33 bits per heavy atom. The van der Waals surface area contributed by atoms with Crippen LogP contribution in [0.3, 0.4) is 0 Å². The van der Waals surface area contributed by atoms with Crippen molar-refractivity contribution in [2.24, 2.45) is 0 Å². The van der Waals surface area contributed by atoms with Crippen molar-refractivity contribution < 1.29 is 13.2 Å². The average molecular weight is 308 g/mol. The molecule has 0 unspecified atom stereocenters. The van der Waals surface area contributed by atoms with E-state index in [1.165, 1.54) is 13.2 Å². The molecule has 1 aromatic heterocycles. The number of hydrogen-bond donors (Lipinski definition) is 3. The molecular weight excluding hydrogens is 292 g/mol. The maximum absolute atomic E-state index is 12.5. The molecule has 21 heavy (non-hydrogen) atoms. The third-order valence-corrected chi connectivity index (χ3v) is 4.77. The number of fused-ring (bicyclic) bond motifs is 1. The molecule has 2 aromatic rings. The Labute approximate surface area is 122 Å². The molecule has 0 amide bonds. The topological polar surface area (TPSA) is 96.1 Å². The molecule has 1 aliphatic heterocycles. The van der Waals surface area contributed by atoms with Gasteiger partial charge in [-0.1, -0.05) is 12.1 Å². The molecule has 2 heterocycles. The first-order valence-corrected chi connectivity index (χ1v) is 8.03. The largest absolute Gasteiger partial charge is 0.495 e. The van der Waals surface area contributed by atoms with E-state index < -0.39 is 10.0 Å². The number of hydrogen-bond acceptors (Lipinski definition) is 5. The van der Waals surface area contributed by atoms with Crippen LogP contribution in [-0.4, -0.2) is 32.3 Å². The molecule has 112 valence electrons. The molecule has 8 heteroatoms. The van der Waals surface area contributed by atoms with Gasteiger partial charge in [-0.25, -0.2) is 8.42 Å². The van der Waals surface area contributed by atoms with E-state index >= 15 is 0 Å². The molecule has 0 atom stereocenters. The van der Waals surface area contributed by atoms with Crippen molar-refractivity contribution in [2.75, 3.05) is 18.4 Å². The fourth-order valence-corrected chi connectivity index (χ4v) is 3.54. The zero-order valence-corrected chi connectivity index (χ0v) is 12.3. The molecule has 7 nitrogen and oxygen atoms in total. The van der Waals surface area contributed by atoms with Crippen LogP contribution in [0.4, 0.5) is 5.82 Å². The van der Waals surface area contributed by atoms with Gasteiger partial charge in [0.25, 0.3) is 10.0 Å². The van der Waals surface area contributed by atoms with Gasteiger partial charge in [-0.3, -0.25) is 9.82 Å². The lowest BCUT2D eigenvalue weighted by molar-refractivity contribution is 0.403. The zero-order chi connectivity index (χ0) is 14.9. The van der Waals surface area contributed by atoms with Crippen LogP contribution in [0, 0.1) is 0 Å². The number of rotatable bonds is 4. The predicted octanol–water partition coefficient (Wildman–Crippen LogP) is 0.865. The second kappa shape index (κ2) is 5.38. The van der Waals surface area contributed by atoms with Crippen molar-refractivity contribution >= 4 is 15.8 Å². The van der Waals surface area contributed by atoms with Gasteiger partial charge in [0.15, 0.2) is 5.82 Å². The summed E-state index contributed by atoms with van der Waals surface area (Å²) in [4.78, 5) is 0.0908. The molecule has 0 fully saturated rings. The molecular formula is C13H16N4O3S. The molecule has 0 bridgehead atoms. The standard InChI is InChI=1S/C13H16N4O3S/c1-20-11-4-2-3-5-12(11)21(18,19)17-13-9-8-14-7-6-10(9)15-16-13/h2-5,14H,6-8H2,1H3,(H2,15,16,17). The lowest BCUT2D eigenvalue weighted by Crippen LogP contribution is -2.24. The van der Waals surface area contributed by atoms with E-state index in [0.717, 1.165) is 24.2 Å². The molecule has 0 spiro atoms. The smallest absolute Gasteiger partial charge is 0.266 e. The minimum atomic E-state index is -3.74. The highest BCUT2D eigenvalue weighted by Crippen LogP contribution is 2.27.